The van der Waals surface area contributed by atoms with Gasteiger partial charge in [-0.2, -0.15) is 0 Å². The van der Waals surface area contributed by atoms with Crippen LogP contribution in [0.15, 0.2) is 16.7 Å². The molecule has 1 atom stereocenters. The first kappa shape index (κ1) is 8.80. The van der Waals surface area contributed by atoms with Crippen molar-refractivity contribution in [3.05, 3.63) is 23.7 Å². The van der Waals surface area contributed by atoms with E-state index in [4.69, 9.17) is 15.9 Å². The number of carbonyl (C=O) groups is 1. The van der Waals surface area contributed by atoms with Gasteiger partial charge in [0.15, 0.2) is 0 Å². The molecule has 0 saturated carbocycles. The maximum absolute atomic E-state index is 10.5. The molecule has 0 aliphatic heterocycles. The van der Waals surface area contributed by atoms with Gasteiger partial charge in [0.2, 0.25) is 5.91 Å². The van der Waals surface area contributed by atoms with E-state index in [1.54, 1.807) is 12.3 Å². The monoisotopic (exact) mass is 168 g/mol. The largest absolute Gasteiger partial charge is 0.467 e. The van der Waals surface area contributed by atoms with E-state index in [1.165, 1.54) is 0 Å². The first-order valence-corrected chi connectivity index (χ1v) is 3.69. The van der Waals surface area contributed by atoms with E-state index in [-0.39, 0.29) is 6.42 Å². The molecule has 4 nitrogen and oxygen atoms in total. The summed E-state index contributed by atoms with van der Waals surface area (Å²) in [5.41, 5.74) is 11.6. The summed E-state index contributed by atoms with van der Waals surface area (Å²) in [5, 5.41) is 0. The van der Waals surface area contributed by atoms with E-state index in [0.29, 0.717) is 5.76 Å². The Balaban J connectivity index is 2.71. The van der Waals surface area contributed by atoms with E-state index in [2.05, 4.69) is 0 Å². The van der Waals surface area contributed by atoms with Gasteiger partial charge < -0.3 is 15.9 Å². The van der Waals surface area contributed by atoms with Crippen LogP contribution in [0.3, 0.4) is 0 Å². The summed E-state index contributed by atoms with van der Waals surface area (Å²) in [6.07, 6.45) is 1.67. The molecule has 0 aromatic carbocycles. The lowest BCUT2D eigenvalue weighted by Gasteiger charge is -2.06. The number of hydrogen-bond acceptors (Lipinski definition) is 3. The van der Waals surface area contributed by atoms with Gasteiger partial charge in [-0.25, -0.2) is 0 Å². The fraction of sp³-hybridized carbons (Fsp3) is 0.375. The van der Waals surface area contributed by atoms with Crippen LogP contribution >= 0.6 is 0 Å². The van der Waals surface area contributed by atoms with Crippen molar-refractivity contribution in [1.29, 1.82) is 0 Å². The lowest BCUT2D eigenvalue weighted by molar-refractivity contribution is -0.118. The quantitative estimate of drug-likeness (QED) is 0.688. The maximum Gasteiger partial charge on any atom is 0.219 e. The summed E-state index contributed by atoms with van der Waals surface area (Å²) >= 11 is 0. The zero-order valence-electron chi connectivity index (χ0n) is 6.91. The first-order chi connectivity index (χ1) is 5.61. The van der Waals surface area contributed by atoms with Gasteiger partial charge in [-0.1, -0.05) is 0 Å². The van der Waals surface area contributed by atoms with Crippen molar-refractivity contribution in [3.8, 4) is 0 Å². The van der Waals surface area contributed by atoms with Crippen molar-refractivity contribution in [3.63, 3.8) is 0 Å². The van der Waals surface area contributed by atoms with Crippen LogP contribution in [0.2, 0.25) is 0 Å². The standard InChI is InChI=1S/C8H12N2O2/c1-5-2-3-12-8(5)6(9)4-7(10)11/h2-3,6H,4,9H2,1H3,(H2,10,11)/t6-/m0/s1. The second kappa shape index (κ2) is 3.40. The Bertz CT molecular complexity index is 280. The second-order valence-electron chi connectivity index (χ2n) is 2.74. The van der Waals surface area contributed by atoms with Gasteiger partial charge in [0.05, 0.1) is 12.3 Å². The molecule has 4 heteroatoms. The number of carbonyl (C=O) groups excluding carboxylic acids is 1. The third kappa shape index (κ3) is 1.85. The molecule has 0 spiro atoms. The molecule has 1 heterocycles. The highest BCUT2D eigenvalue weighted by atomic mass is 16.3. The van der Waals surface area contributed by atoms with Crippen molar-refractivity contribution in [1.82, 2.24) is 0 Å². The van der Waals surface area contributed by atoms with Crippen LogP contribution in [0.25, 0.3) is 0 Å². The van der Waals surface area contributed by atoms with E-state index in [1.807, 2.05) is 6.92 Å². The molecule has 1 rings (SSSR count). The molecule has 0 saturated heterocycles. The summed E-state index contributed by atoms with van der Waals surface area (Å²) in [6, 6.07) is 1.38. The second-order valence-corrected chi connectivity index (χ2v) is 2.74. The highest BCUT2D eigenvalue weighted by Gasteiger charge is 2.14. The third-order valence-corrected chi connectivity index (χ3v) is 1.66. The van der Waals surface area contributed by atoms with Crippen LogP contribution in [0.5, 0.6) is 0 Å². The van der Waals surface area contributed by atoms with Gasteiger partial charge in [-0.05, 0) is 18.6 Å². The Hall–Kier alpha value is -1.29. The summed E-state index contributed by atoms with van der Waals surface area (Å²) < 4.78 is 5.09. The molecule has 4 N–H and O–H groups in total. The van der Waals surface area contributed by atoms with Crippen LogP contribution in [-0.2, 0) is 4.79 Å². The minimum absolute atomic E-state index is 0.119. The summed E-state index contributed by atoms with van der Waals surface area (Å²) in [7, 11) is 0. The number of furan rings is 1. The average molecular weight is 168 g/mol. The molecule has 12 heavy (non-hydrogen) atoms. The zero-order chi connectivity index (χ0) is 9.14. The molecular formula is C8H12N2O2. The lowest BCUT2D eigenvalue weighted by atomic mass is 10.1. The molecule has 66 valence electrons. The Morgan fingerprint density at radius 2 is 2.42 bits per heavy atom. The minimum Gasteiger partial charge on any atom is -0.467 e. The zero-order valence-corrected chi connectivity index (χ0v) is 6.91. The topological polar surface area (TPSA) is 82.2 Å². The molecule has 0 aliphatic rings. The maximum atomic E-state index is 10.5. The van der Waals surface area contributed by atoms with Crippen molar-refractivity contribution in [2.75, 3.05) is 0 Å². The van der Waals surface area contributed by atoms with E-state index in [0.717, 1.165) is 5.56 Å². The average Bonchev–Trinajstić information content (AvgIpc) is 2.33. The predicted octanol–water partition coefficient (Wildman–Crippen LogP) is 0.463. The molecule has 0 radical (unpaired) electrons. The minimum atomic E-state index is -0.419. The third-order valence-electron chi connectivity index (χ3n) is 1.66. The SMILES string of the molecule is Cc1ccoc1[C@@H](N)CC(N)=O. The number of hydrogen-bond donors (Lipinski definition) is 2. The van der Waals surface area contributed by atoms with Gasteiger partial charge in [-0.15, -0.1) is 0 Å². The summed E-state index contributed by atoms with van der Waals surface area (Å²) in [6.45, 7) is 1.87. The molecule has 1 aromatic heterocycles. The Morgan fingerprint density at radius 3 is 2.83 bits per heavy atom. The fourth-order valence-electron chi connectivity index (χ4n) is 1.07. The van der Waals surface area contributed by atoms with Crippen molar-refractivity contribution < 1.29 is 9.21 Å². The molecule has 0 unspecified atom stereocenters. The van der Waals surface area contributed by atoms with Crippen LogP contribution in [0.1, 0.15) is 23.8 Å². The van der Waals surface area contributed by atoms with Gasteiger partial charge >= 0.3 is 0 Å². The van der Waals surface area contributed by atoms with Crippen molar-refractivity contribution in [2.45, 2.75) is 19.4 Å². The Kier molecular flexibility index (Phi) is 2.50. The van der Waals surface area contributed by atoms with Crippen molar-refractivity contribution >= 4 is 5.91 Å². The van der Waals surface area contributed by atoms with Crippen LogP contribution in [0.4, 0.5) is 0 Å². The highest BCUT2D eigenvalue weighted by Crippen LogP contribution is 2.18. The van der Waals surface area contributed by atoms with Crippen molar-refractivity contribution in [2.24, 2.45) is 11.5 Å². The number of amides is 1. The molecule has 0 bridgehead atoms. The molecule has 0 fully saturated rings. The van der Waals surface area contributed by atoms with Gasteiger partial charge in [0.1, 0.15) is 5.76 Å². The van der Waals surface area contributed by atoms with Crippen LogP contribution < -0.4 is 11.5 Å². The van der Waals surface area contributed by atoms with Gasteiger partial charge in [0, 0.05) is 6.42 Å². The number of aryl methyl sites for hydroxylation is 1. The number of nitrogens with two attached hydrogens (primary N) is 2. The predicted molar refractivity (Wildman–Crippen MR) is 44.2 cm³/mol. The molecule has 1 amide bonds. The normalized spacial score (nSPS) is 12.8. The van der Waals surface area contributed by atoms with E-state index in [9.17, 15) is 4.79 Å². The van der Waals surface area contributed by atoms with Gasteiger partial charge in [0.25, 0.3) is 0 Å². The first-order valence-electron chi connectivity index (χ1n) is 3.69. The van der Waals surface area contributed by atoms with Crippen LogP contribution in [-0.4, -0.2) is 5.91 Å². The number of rotatable bonds is 3. The van der Waals surface area contributed by atoms with E-state index < -0.39 is 11.9 Å². The smallest absolute Gasteiger partial charge is 0.219 e. The van der Waals surface area contributed by atoms with Gasteiger partial charge in [-0.3, -0.25) is 4.79 Å². The fourth-order valence-corrected chi connectivity index (χ4v) is 1.07. The summed E-state index contributed by atoms with van der Waals surface area (Å²) in [5.74, 6) is 0.215. The molecule has 1 aromatic rings. The highest BCUT2D eigenvalue weighted by molar-refractivity contribution is 5.74. The Morgan fingerprint density at radius 1 is 1.75 bits per heavy atom. The summed E-state index contributed by atoms with van der Waals surface area (Å²) in [4.78, 5) is 10.5. The molecule has 0 aliphatic carbocycles. The van der Waals surface area contributed by atoms with E-state index >= 15 is 0 Å². The molecular weight excluding hydrogens is 156 g/mol. The Labute approximate surface area is 70.5 Å². The number of primary amides is 1. The van der Waals surface area contributed by atoms with Crippen LogP contribution in [0, 0.1) is 6.92 Å². The lowest BCUT2D eigenvalue weighted by Crippen LogP contribution is -2.20.